The van der Waals surface area contributed by atoms with E-state index < -0.39 is 46.4 Å². The number of methoxy groups -OCH3 is 1. The number of ether oxygens (including phenoxy) is 1. The normalized spacial score (nSPS) is 16.8. The zero-order valence-electron chi connectivity index (χ0n) is 21.7. The van der Waals surface area contributed by atoms with Gasteiger partial charge in [0.1, 0.15) is 9.96 Å². The molecule has 0 aliphatic carbocycles. The number of nitrogens with one attached hydrogen (secondary N) is 1. The Morgan fingerprint density at radius 2 is 1.88 bits per heavy atom. The van der Waals surface area contributed by atoms with Gasteiger partial charge in [-0.3, -0.25) is 14.4 Å². The van der Waals surface area contributed by atoms with Crippen molar-refractivity contribution in [1.29, 1.82) is 0 Å². The molecular weight excluding hydrogens is 578 g/mol. The molecule has 4 rings (SSSR count). The zero-order chi connectivity index (χ0) is 29.0. The molecule has 2 amide bonds. The van der Waals surface area contributed by atoms with Crippen LogP contribution >= 0.6 is 22.9 Å². The Hall–Kier alpha value is -3.45. The van der Waals surface area contributed by atoms with E-state index in [9.17, 15) is 27.9 Å². The number of halogens is 1. The van der Waals surface area contributed by atoms with E-state index in [0.29, 0.717) is 11.3 Å². The number of aliphatic carboxylic acids is 1. The van der Waals surface area contributed by atoms with Gasteiger partial charge in [-0.05, 0) is 49.2 Å². The summed E-state index contributed by atoms with van der Waals surface area (Å²) in [6.07, 6.45) is -1.76. The van der Waals surface area contributed by atoms with Crippen molar-refractivity contribution >= 4 is 50.7 Å². The number of sulfonamides is 1. The van der Waals surface area contributed by atoms with Crippen molar-refractivity contribution in [1.82, 2.24) is 14.5 Å². The second kappa shape index (κ2) is 12.4. The molecule has 1 aliphatic rings. The van der Waals surface area contributed by atoms with E-state index in [1.165, 1.54) is 30.2 Å². The quantitative estimate of drug-likeness (QED) is 0.378. The fourth-order valence-electron chi connectivity index (χ4n) is 4.57. The first kappa shape index (κ1) is 29.5. The Morgan fingerprint density at radius 3 is 2.52 bits per heavy atom. The standard InChI is InChI=1S/C27H28ClN3O7S2/c1-17-6-3-7-18(14-17)21(16-23(32)33)29-25(34)26-30(27(35)19-8-4-9-20(15-19)38-2)12-5-13-31(26)40(36,37)24-11-10-22(28)39-24/h3-4,6-11,14-15,21,26H,5,12-13,16H2,1-2H3,(H,29,34)(H,32,33). The number of hydrogen-bond donors (Lipinski definition) is 2. The van der Waals surface area contributed by atoms with E-state index in [1.54, 1.807) is 36.4 Å². The summed E-state index contributed by atoms with van der Waals surface area (Å²) in [6.45, 7) is 1.89. The second-order valence-electron chi connectivity index (χ2n) is 9.21. The Balaban J connectivity index is 1.76. The van der Waals surface area contributed by atoms with Crippen LogP contribution in [0.1, 0.15) is 40.4 Å². The molecule has 0 bridgehead atoms. The van der Waals surface area contributed by atoms with E-state index in [4.69, 9.17) is 16.3 Å². The summed E-state index contributed by atoms with van der Waals surface area (Å²) in [5.74, 6) is -2.14. The maximum atomic E-state index is 14.0. The molecule has 0 saturated carbocycles. The van der Waals surface area contributed by atoms with Crippen molar-refractivity contribution in [2.45, 2.75) is 36.2 Å². The van der Waals surface area contributed by atoms with Gasteiger partial charge in [0.2, 0.25) is 0 Å². The van der Waals surface area contributed by atoms with Crippen molar-refractivity contribution in [2.24, 2.45) is 0 Å². The summed E-state index contributed by atoms with van der Waals surface area (Å²) in [5.41, 5.74) is 1.60. The molecule has 0 spiro atoms. The molecule has 1 aromatic heterocycles. The predicted molar refractivity (Wildman–Crippen MR) is 150 cm³/mol. The lowest BCUT2D eigenvalue weighted by atomic mass is 10.0. The highest BCUT2D eigenvalue weighted by atomic mass is 35.5. The molecule has 1 saturated heterocycles. The van der Waals surface area contributed by atoms with Gasteiger partial charge in [0.05, 0.1) is 23.9 Å². The van der Waals surface area contributed by atoms with Crippen LogP contribution < -0.4 is 10.1 Å². The maximum Gasteiger partial charge on any atom is 0.305 e. The summed E-state index contributed by atoms with van der Waals surface area (Å²) in [6, 6.07) is 15.1. The predicted octanol–water partition coefficient (Wildman–Crippen LogP) is 3.91. The zero-order valence-corrected chi connectivity index (χ0v) is 24.1. The summed E-state index contributed by atoms with van der Waals surface area (Å²) in [5, 5.41) is 12.3. The minimum atomic E-state index is -4.26. The van der Waals surface area contributed by atoms with Gasteiger partial charge in [-0.2, -0.15) is 4.31 Å². The number of rotatable bonds is 9. The number of carbonyl (C=O) groups excluding carboxylic acids is 2. The Bertz CT molecular complexity index is 1530. The number of carbonyl (C=O) groups is 3. The third kappa shape index (κ3) is 6.47. The highest BCUT2D eigenvalue weighted by Crippen LogP contribution is 2.32. The minimum Gasteiger partial charge on any atom is -0.497 e. The van der Waals surface area contributed by atoms with Gasteiger partial charge in [-0.1, -0.05) is 47.5 Å². The summed E-state index contributed by atoms with van der Waals surface area (Å²) in [7, 11) is -2.80. The first-order valence-corrected chi connectivity index (χ1v) is 15.0. The average Bonchev–Trinajstić information content (AvgIpc) is 3.38. The molecule has 40 heavy (non-hydrogen) atoms. The summed E-state index contributed by atoms with van der Waals surface area (Å²) < 4.78 is 33.9. The van der Waals surface area contributed by atoms with Crippen LogP contribution in [0, 0.1) is 6.92 Å². The summed E-state index contributed by atoms with van der Waals surface area (Å²) in [4.78, 5) is 40.6. The van der Waals surface area contributed by atoms with Gasteiger partial charge in [-0.15, -0.1) is 11.3 Å². The highest BCUT2D eigenvalue weighted by Gasteiger charge is 2.45. The molecule has 2 N–H and O–H groups in total. The fraction of sp³-hybridized carbons (Fsp3) is 0.296. The minimum absolute atomic E-state index is 0.0358. The van der Waals surface area contributed by atoms with Crippen LogP contribution in [0.3, 0.4) is 0 Å². The van der Waals surface area contributed by atoms with Crippen molar-refractivity contribution in [2.75, 3.05) is 20.2 Å². The van der Waals surface area contributed by atoms with Crippen molar-refractivity contribution in [3.8, 4) is 5.75 Å². The Kier molecular flexibility index (Phi) is 9.14. The van der Waals surface area contributed by atoms with Gasteiger partial charge in [0, 0.05) is 18.7 Å². The molecule has 212 valence electrons. The lowest BCUT2D eigenvalue weighted by Gasteiger charge is -2.42. The van der Waals surface area contributed by atoms with Crippen LogP contribution in [-0.2, 0) is 19.6 Å². The lowest BCUT2D eigenvalue weighted by molar-refractivity contribution is -0.138. The third-order valence-corrected chi connectivity index (χ3v) is 9.96. The van der Waals surface area contributed by atoms with Gasteiger partial charge in [-0.25, -0.2) is 8.42 Å². The monoisotopic (exact) mass is 605 g/mol. The number of carboxylic acids is 1. The van der Waals surface area contributed by atoms with E-state index in [1.807, 2.05) is 13.0 Å². The van der Waals surface area contributed by atoms with Crippen molar-refractivity contribution in [3.63, 3.8) is 0 Å². The largest absolute Gasteiger partial charge is 0.497 e. The Morgan fingerprint density at radius 1 is 1.12 bits per heavy atom. The average molecular weight is 606 g/mol. The molecule has 1 fully saturated rings. The molecule has 13 heteroatoms. The van der Waals surface area contributed by atoms with Crippen LogP contribution in [-0.4, -0.2) is 66.9 Å². The Labute approximate surface area is 241 Å². The summed E-state index contributed by atoms with van der Waals surface area (Å²) >= 11 is 6.85. The molecule has 2 atom stereocenters. The molecular formula is C27H28ClN3O7S2. The molecule has 3 aromatic rings. The fourth-order valence-corrected chi connectivity index (χ4v) is 7.77. The number of amides is 2. The van der Waals surface area contributed by atoms with E-state index in [0.717, 1.165) is 21.2 Å². The van der Waals surface area contributed by atoms with Crippen LogP contribution in [0.4, 0.5) is 0 Å². The highest BCUT2D eigenvalue weighted by molar-refractivity contribution is 7.91. The number of thiophene rings is 1. The van der Waals surface area contributed by atoms with Gasteiger partial charge >= 0.3 is 5.97 Å². The number of carboxylic acid groups (broad SMARTS) is 1. The molecule has 2 aromatic carbocycles. The first-order valence-electron chi connectivity index (χ1n) is 12.3. The van der Waals surface area contributed by atoms with E-state index in [2.05, 4.69) is 5.32 Å². The topological polar surface area (TPSA) is 133 Å². The smallest absolute Gasteiger partial charge is 0.305 e. The number of aryl methyl sites for hydroxylation is 1. The van der Waals surface area contributed by atoms with Crippen LogP contribution in [0.15, 0.2) is 64.9 Å². The molecule has 2 heterocycles. The van der Waals surface area contributed by atoms with Crippen LogP contribution in [0.2, 0.25) is 4.34 Å². The molecule has 0 radical (unpaired) electrons. The first-order chi connectivity index (χ1) is 19.0. The molecule has 10 nitrogen and oxygen atoms in total. The van der Waals surface area contributed by atoms with Crippen LogP contribution in [0.5, 0.6) is 5.75 Å². The molecule has 2 unspecified atom stereocenters. The van der Waals surface area contributed by atoms with Gasteiger partial charge in [0.15, 0.2) is 6.17 Å². The number of hydrogen-bond acceptors (Lipinski definition) is 7. The van der Waals surface area contributed by atoms with Gasteiger partial charge in [0.25, 0.3) is 21.8 Å². The van der Waals surface area contributed by atoms with Crippen molar-refractivity contribution < 1.29 is 32.6 Å². The van der Waals surface area contributed by atoms with Gasteiger partial charge < -0.3 is 20.1 Å². The van der Waals surface area contributed by atoms with Crippen molar-refractivity contribution in [3.05, 3.63) is 81.7 Å². The second-order valence-corrected chi connectivity index (χ2v) is 13.0. The third-order valence-electron chi connectivity index (χ3n) is 6.41. The van der Waals surface area contributed by atoms with Crippen LogP contribution in [0.25, 0.3) is 0 Å². The number of benzene rings is 2. The van der Waals surface area contributed by atoms with E-state index in [-0.39, 0.29) is 33.6 Å². The lowest BCUT2D eigenvalue weighted by Crippen LogP contribution is -2.63. The maximum absolute atomic E-state index is 14.0. The SMILES string of the molecule is COc1cccc(C(=O)N2CCCN(S(=O)(=O)c3ccc(Cl)s3)C2C(=O)NC(CC(=O)O)c2cccc(C)c2)c1. The molecule has 1 aliphatic heterocycles. The number of nitrogens with zero attached hydrogens (tertiary/aromatic N) is 2. The van der Waals surface area contributed by atoms with E-state index >= 15 is 0 Å².